The van der Waals surface area contributed by atoms with E-state index >= 15 is 0 Å². The van der Waals surface area contributed by atoms with Crippen LogP contribution in [0.2, 0.25) is 5.02 Å². The van der Waals surface area contributed by atoms with Crippen LogP contribution in [0.4, 0.5) is 8.78 Å². The SMILES string of the molecule is COc1nc(-n2cc(S(N)(=O)=O)c3ccc(Cl)c(-c4ncco4)c32)nc(OC)c1OC(F)F. The number of alkyl halides is 2. The number of rotatable bonds is 7. The van der Waals surface area contributed by atoms with Crippen molar-refractivity contribution in [2.45, 2.75) is 11.5 Å². The maximum Gasteiger partial charge on any atom is 0.387 e. The average Bonchev–Trinajstić information content (AvgIpc) is 3.41. The van der Waals surface area contributed by atoms with Crippen LogP contribution in [0.25, 0.3) is 28.3 Å². The minimum atomic E-state index is -4.23. The van der Waals surface area contributed by atoms with Gasteiger partial charge in [-0.1, -0.05) is 11.6 Å². The zero-order valence-electron chi connectivity index (χ0n) is 16.8. The van der Waals surface area contributed by atoms with Crippen LogP contribution >= 0.6 is 11.6 Å². The van der Waals surface area contributed by atoms with Gasteiger partial charge in [0, 0.05) is 11.6 Å². The summed E-state index contributed by atoms with van der Waals surface area (Å²) in [6.45, 7) is -3.21. The molecule has 0 amide bonds. The number of halogens is 3. The molecule has 0 saturated carbocycles. The first kappa shape index (κ1) is 22.7. The fraction of sp³-hybridized carbons (Fsp3) is 0.167. The number of oxazole rings is 1. The lowest BCUT2D eigenvalue weighted by Crippen LogP contribution is -2.12. The first-order valence-electron chi connectivity index (χ1n) is 8.87. The third kappa shape index (κ3) is 4.03. The summed E-state index contributed by atoms with van der Waals surface area (Å²) in [5.41, 5.74) is 0.379. The molecule has 3 aromatic heterocycles. The highest BCUT2D eigenvalue weighted by Gasteiger charge is 2.27. The zero-order chi connectivity index (χ0) is 23.9. The van der Waals surface area contributed by atoms with Crippen molar-refractivity contribution < 1.29 is 35.8 Å². The summed E-state index contributed by atoms with van der Waals surface area (Å²) in [6, 6.07) is 2.88. The van der Waals surface area contributed by atoms with Crippen LogP contribution in [0.1, 0.15) is 0 Å². The fourth-order valence-corrected chi connectivity index (χ4v) is 4.13. The quantitative estimate of drug-likeness (QED) is 0.404. The highest BCUT2D eigenvalue weighted by atomic mass is 35.5. The molecule has 174 valence electrons. The van der Waals surface area contributed by atoms with Gasteiger partial charge in [-0.15, -0.1) is 0 Å². The lowest BCUT2D eigenvalue weighted by Gasteiger charge is -2.14. The van der Waals surface area contributed by atoms with Gasteiger partial charge >= 0.3 is 6.61 Å². The normalized spacial score (nSPS) is 11.8. The van der Waals surface area contributed by atoms with Crippen molar-refractivity contribution >= 4 is 32.5 Å². The van der Waals surface area contributed by atoms with Gasteiger partial charge in [-0.05, 0) is 12.1 Å². The number of primary sulfonamides is 1. The minimum absolute atomic E-state index is 0.0718. The molecular formula is C18H14ClF2N5O6S. The van der Waals surface area contributed by atoms with Gasteiger partial charge in [0.15, 0.2) is 0 Å². The van der Waals surface area contributed by atoms with Crippen LogP contribution in [0.15, 0.2) is 40.1 Å². The van der Waals surface area contributed by atoms with E-state index in [2.05, 4.69) is 19.7 Å². The van der Waals surface area contributed by atoms with Crippen LogP contribution < -0.4 is 19.3 Å². The van der Waals surface area contributed by atoms with Crippen LogP contribution in [-0.2, 0) is 10.0 Å². The predicted octanol–water partition coefficient (Wildman–Crippen LogP) is 2.99. The smallest absolute Gasteiger partial charge is 0.387 e. The number of methoxy groups -OCH3 is 2. The molecule has 0 atom stereocenters. The zero-order valence-corrected chi connectivity index (χ0v) is 18.4. The third-order valence-corrected chi connectivity index (χ3v) is 5.69. The van der Waals surface area contributed by atoms with E-state index in [4.69, 9.17) is 30.6 Å². The Morgan fingerprint density at radius 1 is 1.18 bits per heavy atom. The minimum Gasteiger partial charge on any atom is -0.478 e. The molecule has 4 rings (SSSR count). The lowest BCUT2D eigenvalue weighted by atomic mass is 10.1. The van der Waals surface area contributed by atoms with Gasteiger partial charge in [0.25, 0.3) is 11.8 Å². The van der Waals surface area contributed by atoms with Crippen molar-refractivity contribution in [3.8, 4) is 34.9 Å². The Bertz CT molecular complexity index is 1420. The Morgan fingerprint density at radius 2 is 1.85 bits per heavy atom. The second-order valence-corrected chi connectivity index (χ2v) is 8.25. The number of hydrogen-bond donors (Lipinski definition) is 1. The lowest BCUT2D eigenvalue weighted by molar-refractivity contribution is -0.0534. The van der Waals surface area contributed by atoms with Crippen molar-refractivity contribution in [2.24, 2.45) is 5.14 Å². The monoisotopic (exact) mass is 501 g/mol. The second-order valence-electron chi connectivity index (χ2n) is 6.31. The van der Waals surface area contributed by atoms with Gasteiger partial charge in [-0.25, -0.2) is 18.5 Å². The Morgan fingerprint density at radius 3 is 2.36 bits per heavy atom. The summed E-state index contributed by atoms with van der Waals surface area (Å²) in [5.74, 6) is -1.48. The molecule has 0 radical (unpaired) electrons. The van der Waals surface area contributed by atoms with E-state index in [1.807, 2.05) is 0 Å². The van der Waals surface area contributed by atoms with Gasteiger partial charge in [0.1, 0.15) is 11.2 Å². The molecule has 3 heterocycles. The Labute approximate surface area is 189 Å². The highest BCUT2D eigenvalue weighted by molar-refractivity contribution is 7.89. The molecule has 0 aliphatic rings. The second kappa shape index (κ2) is 8.46. The Hall–Kier alpha value is -3.49. The molecule has 0 spiro atoms. The topological polar surface area (TPSA) is 145 Å². The van der Waals surface area contributed by atoms with Gasteiger partial charge < -0.3 is 18.6 Å². The van der Waals surface area contributed by atoms with Gasteiger partial charge in [-0.2, -0.15) is 18.7 Å². The van der Waals surface area contributed by atoms with Crippen LogP contribution in [-0.4, -0.2) is 48.8 Å². The van der Waals surface area contributed by atoms with Crippen molar-refractivity contribution in [3.63, 3.8) is 0 Å². The van der Waals surface area contributed by atoms with Crippen molar-refractivity contribution in [3.05, 3.63) is 35.8 Å². The van der Waals surface area contributed by atoms with Gasteiger partial charge in [0.2, 0.25) is 27.6 Å². The number of ether oxygens (including phenoxy) is 3. The Kier molecular flexibility index (Phi) is 5.82. The molecule has 33 heavy (non-hydrogen) atoms. The van der Waals surface area contributed by atoms with Gasteiger partial charge in [0.05, 0.1) is 36.5 Å². The molecule has 11 nitrogen and oxygen atoms in total. The number of fused-ring (bicyclic) bond motifs is 1. The molecule has 0 unspecified atom stereocenters. The first-order valence-corrected chi connectivity index (χ1v) is 10.8. The van der Waals surface area contributed by atoms with Crippen LogP contribution in [0, 0.1) is 0 Å². The van der Waals surface area contributed by atoms with E-state index in [9.17, 15) is 17.2 Å². The van der Waals surface area contributed by atoms with Crippen LogP contribution in [0.5, 0.6) is 17.5 Å². The summed E-state index contributed by atoms with van der Waals surface area (Å²) in [4.78, 5) is 12.0. The molecule has 4 aromatic rings. The fourth-order valence-electron chi connectivity index (χ4n) is 3.18. The summed E-state index contributed by atoms with van der Waals surface area (Å²) >= 11 is 6.39. The van der Waals surface area contributed by atoms with Crippen molar-refractivity contribution in [1.29, 1.82) is 0 Å². The highest BCUT2D eigenvalue weighted by Crippen LogP contribution is 2.41. The molecule has 0 aliphatic carbocycles. The first-order chi connectivity index (χ1) is 15.7. The number of nitrogens with two attached hydrogens (primary N) is 1. The van der Waals surface area contributed by atoms with Crippen molar-refractivity contribution in [1.82, 2.24) is 19.5 Å². The predicted molar refractivity (Wildman–Crippen MR) is 110 cm³/mol. The molecule has 2 N–H and O–H groups in total. The maximum atomic E-state index is 12.9. The molecular weight excluding hydrogens is 488 g/mol. The number of sulfonamides is 1. The van der Waals surface area contributed by atoms with E-state index in [0.717, 1.165) is 6.20 Å². The van der Waals surface area contributed by atoms with E-state index in [0.29, 0.717) is 0 Å². The molecule has 0 fully saturated rings. The van der Waals surface area contributed by atoms with E-state index in [-0.39, 0.29) is 38.2 Å². The summed E-state index contributed by atoms with van der Waals surface area (Å²) in [7, 11) is -1.89. The number of aromatic nitrogens is 4. The van der Waals surface area contributed by atoms with Gasteiger partial charge in [-0.3, -0.25) is 4.57 Å². The van der Waals surface area contributed by atoms with E-state index in [1.54, 1.807) is 0 Å². The molecule has 0 saturated heterocycles. The number of nitrogens with zero attached hydrogens (tertiary/aromatic N) is 4. The van der Waals surface area contributed by atoms with Crippen LogP contribution in [0.3, 0.4) is 0 Å². The summed E-state index contributed by atoms with van der Waals surface area (Å²) < 4.78 is 71.4. The molecule has 0 bridgehead atoms. The standard InChI is InChI=1S/C18H14ClF2N5O6S/c1-29-15-13(32-17(20)21)16(30-2)25-18(24-15)26-7-10(33(22,27)28)8-3-4-9(19)11(12(8)26)14-23-5-6-31-14/h3-7,17H,1-2H3,(H2,22,27,28). The average molecular weight is 502 g/mol. The summed E-state index contributed by atoms with van der Waals surface area (Å²) in [5, 5.41) is 5.73. The van der Waals surface area contributed by atoms with Crippen molar-refractivity contribution in [2.75, 3.05) is 14.2 Å². The van der Waals surface area contributed by atoms with E-state index < -0.39 is 34.1 Å². The molecule has 0 aliphatic heterocycles. The molecule has 1 aromatic carbocycles. The number of hydrogen-bond acceptors (Lipinski definition) is 9. The maximum absolute atomic E-state index is 12.9. The third-order valence-electron chi connectivity index (χ3n) is 4.43. The summed E-state index contributed by atoms with van der Waals surface area (Å²) in [6.07, 6.45) is 3.82. The Balaban J connectivity index is 2.11. The largest absolute Gasteiger partial charge is 0.478 e. The van der Waals surface area contributed by atoms with E-state index in [1.165, 1.54) is 43.4 Å². The number of benzene rings is 1. The molecule has 15 heteroatoms.